The van der Waals surface area contributed by atoms with E-state index < -0.39 is 0 Å². The average Bonchev–Trinajstić information content (AvgIpc) is 3.41. The zero-order chi connectivity index (χ0) is 16.9. The molecule has 1 saturated carbocycles. The molecule has 2 amide bonds. The third-order valence-corrected chi connectivity index (χ3v) is 4.99. The highest BCUT2D eigenvalue weighted by molar-refractivity contribution is 5.81. The minimum atomic E-state index is 0.0683. The fourth-order valence-corrected chi connectivity index (χ4v) is 3.16. The van der Waals surface area contributed by atoms with Gasteiger partial charge in [0.05, 0.1) is 6.54 Å². The molecule has 1 saturated heterocycles. The van der Waals surface area contributed by atoms with E-state index in [9.17, 15) is 9.59 Å². The molecule has 0 radical (unpaired) electrons. The second kappa shape index (κ2) is 7.79. The number of hydrogen-bond acceptors (Lipinski definition) is 3. The van der Waals surface area contributed by atoms with Gasteiger partial charge in [0.15, 0.2) is 0 Å². The van der Waals surface area contributed by atoms with Crippen molar-refractivity contribution in [2.45, 2.75) is 45.2 Å². The van der Waals surface area contributed by atoms with E-state index in [2.05, 4.69) is 28.5 Å². The van der Waals surface area contributed by atoms with Gasteiger partial charge in [0.25, 0.3) is 0 Å². The number of piperidine rings is 1. The Labute approximate surface area is 143 Å². The summed E-state index contributed by atoms with van der Waals surface area (Å²) in [6, 6.07) is 8.39. The predicted molar refractivity (Wildman–Crippen MR) is 93.4 cm³/mol. The summed E-state index contributed by atoms with van der Waals surface area (Å²) >= 11 is 0. The van der Waals surface area contributed by atoms with E-state index in [1.807, 2.05) is 18.2 Å². The van der Waals surface area contributed by atoms with Gasteiger partial charge in [-0.1, -0.05) is 24.3 Å². The summed E-state index contributed by atoms with van der Waals surface area (Å²) in [5.74, 6) is 0.568. The van der Waals surface area contributed by atoms with E-state index >= 15 is 0 Å². The summed E-state index contributed by atoms with van der Waals surface area (Å²) in [5, 5.41) is 6.14. The molecular weight excluding hydrogens is 302 g/mol. The fraction of sp³-hybridized carbons (Fsp3) is 0.579. The van der Waals surface area contributed by atoms with E-state index in [-0.39, 0.29) is 23.8 Å². The van der Waals surface area contributed by atoms with E-state index in [1.54, 1.807) is 0 Å². The zero-order valence-corrected chi connectivity index (χ0v) is 14.4. The van der Waals surface area contributed by atoms with Crippen LogP contribution in [0.3, 0.4) is 0 Å². The second-order valence-electron chi connectivity index (χ2n) is 7.04. The monoisotopic (exact) mass is 329 g/mol. The van der Waals surface area contributed by atoms with E-state index in [0.29, 0.717) is 13.1 Å². The van der Waals surface area contributed by atoms with Crippen molar-refractivity contribution in [3.05, 3.63) is 35.4 Å². The van der Waals surface area contributed by atoms with Crippen LogP contribution in [-0.2, 0) is 16.1 Å². The topological polar surface area (TPSA) is 61.4 Å². The normalized spacial score (nSPS) is 19.0. The van der Waals surface area contributed by atoms with E-state index in [1.165, 1.54) is 5.56 Å². The molecule has 3 rings (SSSR count). The minimum Gasteiger partial charge on any atom is -0.353 e. The molecule has 0 bridgehead atoms. The highest BCUT2D eigenvalue weighted by Gasteiger charge is 2.31. The lowest BCUT2D eigenvalue weighted by Gasteiger charge is -2.31. The largest absolute Gasteiger partial charge is 0.353 e. The Bertz CT molecular complexity index is 590. The first-order chi connectivity index (χ1) is 11.6. The van der Waals surface area contributed by atoms with Crippen LogP contribution < -0.4 is 10.6 Å². The first-order valence-corrected chi connectivity index (χ1v) is 8.96. The van der Waals surface area contributed by atoms with Crippen LogP contribution >= 0.6 is 0 Å². The van der Waals surface area contributed by atoms with E-state index in [0.717, 1.165) is 44.3 Å². The molecule has 130 valence electrons. The molecule has 5 heteroatoms. The standard InChI is InChI=1S/C19H27N3O2/c1-14-4-2-3-5-16(14)12-20-18(23)13-22-10-8-17(9-11-22)21-19(24)15-6-7-15/h2-5,15,17H,6-13H2,1H3,(H,20,23)(H,21,24). The smallest absolute Gasteiger partial charge is 0.234 e. The third kappa shape index (κ3) is 4.81. The molecule has 2 aliphatic rings. The SMILES string of the molecule is Cc1ccccc1CNC(=O)CN1CCC(NC(=O)C2CC2)CC1. The predicted octanol–water partition coefficient (Wildman–Crippen LogP) is 1.60. The number of nitrogens with one attached hydrogen (secondary N) is 2. The Balaban J connectivity index is 1.35. The van der Waals surface area contributed by atoms with Gasteiger partial charge in [0.1, 0.15) is 0 Å². The van der Waals surface area contributed by atoms with Crippen molar-refractivity contribution in [2.75, 3.05) is 19.6 Å². The molecule has 5 nitrogen and oxygen atoms in total. The Morgan fingerprint density at radius 1 is 1.12 bits per heavy atom. The maximum absolute atomic E-state index is 12.1. The Hall–Kier alpha value is -1.88. The summed E-state index contributed by atoms with van der Waals surface area (Å²) in [7, 11) is 0. The maximum atomic E-state index is 12.1. The van der Waals surface area contributed by atoms with Gasteiger partial charge in [-0.2, -0.15) is 0 Å². The van der Waals surface area contributed by atoms with Crippen LogP contribution in [-0.4, -0.2) is 42.4 Å². The van der Waals surface area contributed by atoms with Crippen molar-refractivity contribution >= 4 is 11.8 Å². The number of aryl methyl sites for hydroxylation is 1. The highest BCUT2D eigenvalue weighted by Crippen LogP contribution is 2.29. The first kappa shape index (κ1) is 17.0. The van der Waals surface area contributed by atoms with Crippen molar-refractivity contribution in [1.29, 1.82) is 0 Å². The molecule has 1 aromatic carbocycles. The molecule has 1 aromatic rings. The van der Waals surface area contributed by atoms with Crippen molar-refractivity contribution in [3.63, 3.8) is 0 Å². The fourth-order valence-electron chi connectivity index (χ4n) is 3.16. The Morgan fingerprint density at radius 2 is 1.83 bits per heavy atom. The van der Waals surface area contributed by atoms with Crippen molar-refractivity contribution in [2.24, 2.45) is 5.92 Å². The molecule has 1 aliphatic heterocycles. The van der Waals surface area contributed by atoms with Gasteiger partial charge in [0.2, 0.25) is 11.8 Å². The van der Waals surface area contributed by atoms with Crippen molar-refractivity contribution in [3.8, 4) is 0 Å². The minimum absolute atomic E-state index is 0.0683. The summed E-state index contributed by atoms with van der Waals surface area (Å²) in [4.78, 5) is 26.1. The number of carbonyl (C=O) groups excluding carboxylic acids is 2. The molecular formula is C19H27N3O2. The van der Waals surface area contributed by atoms with Crippen LogP contribution in [0.5, 0.6) is 0 Å². The van der Waals surface area contributed by atoms with Gasteiger partial charge in [-0.25, -0.2) is 0 Å². The molecule has 0 spiro atoms. The molecule has 24 heavy (non-hydrogen) atoms. The number of benzene rings is 1. The maximum Gasteiger partial charge on any atom is 0.234 e. The third-order valence-electron chi connectivity index (χ3n) is 4.99. The molecule has 2 fully saturated rings. The summed E-state index contributed by atoms with van der Waals surface area (Å²) in [6.45, 7) is 4.82. The second-order valence-corrected chi connectivity index (χ2v) is 7.04. The number of carbonyl (C=O) groups is 2. The van der Waals surface area contributed by atoms with Gasteiger partial charge in [-0.05, 0) is 43.7 Å². The average molecular weight is 329 g/mol. The molecule has 0 atom stereocenters. The van der Waals surface area contributed by atoms with Crippen LogP contribution in [0.2, 0.25) is 0 Å². The summed E-state index contributed by atoms with van der Waals surface area (Å²) in [5.41, 5.74) is 2.36. The number of hydrogen-bond donors (Lipinski definition) is 2. The molecule has 2 N–H and O–H groups in total. The summed E-state index contributed by atoms with van der Waals surface area (Å²) < 4.78 is 0. The van der Waals surface area contributed by atoms with Gasteiger partial charge in [0, 0.05) is 31.6 Å². The van der Waals surface area contributed by atoms with Gasteiger partial charge >= 0.3 is 0 Å². The number of amides is 2. The Morgan fingerprint density at radius 3 is 2.50 bits per heavy atom. The number of nitrogens with zero attached hydrogens (tertiary/aromatic N) is 1. The lowest BCUT2D eigenvalue weighted by Crippen LogP contribution is -2.47. The van der Waals surface area contributed by atoms with Crippen LogP contribution in [0, 0.1) is 12.8 Å². The quantitative estimate of drug-likeness (QED) is 0.833. The van der Waals surface area contributed by atoms with Gasteiger partial charge in [-0.15, -0.1) is 0 Å². The first-order valence-electron chi connectivity index (χ1n) is 8.96. The van der Waals surface area contributed by atoms with E-state index in [4.69, 9.17) is 0 Å². The van der Waals surface area contributed by atoms with Crippen LogP contribution in [0.25, 0.3) is 0 Å². The van der Waals surface area contributed by atoms with Gasteiger partial charge in [-0.3, -0.25) is 14.5 Å². The Kier molecular flexibility index (Phi) is 5.51. The molecule has 0 aromatic heterocycles. The van der Waals surface area contributed by atoms with Crippen LogP contribution in [0.15, 0.2) is 24.3 Å². The molecule has 0 unspecified atom stereocenters. The van der Waals surface area contributed by atoms with Crippen molar-refractivity contribution < 1.29 is 9.59 Å². The molecule has 1 heterocycles. The highest BCUT2D eigenvalue weighted by atomic mass is 16.2. The van der Waals surface area contributed by atoms with Crippen LogP contribution in [0.4, 0.5) is 0 Å². The van der Waals surface area contributed by atoms with Crippen molar-refractivity contribution in [1.82, 2.24) is 15.5 Å². The zero-order valence-electron chi connectivity index (χ0n) is 14.4. The van der Waals surface area contributed by atoms with Crippen LogP contribution in [0.1, 0.15) is 36.8 Å². The van der Waals surface area contributed by atoms with Gasteiger partial charge < -0.3 is 10.6 Å². The number of rotatable bonds is 6. The lowest BCUT2D eigenvalue weighted by atomic mass is 10.0. The number of likely N-dealkylation sites (tertiary alicyclic amines) is 1. The summed E-state index contributed by atoms with van der Waals surface area (Å²) in [6.07, 6.45) is 3.96. The lowest BCUT2D eigenvalue weighted by molar-refractivity contribution is -0.124. The molecule has 1 aliphatic carbocycles.